The summed E-state index contributed by atoms with van der Waals surface area (Å²) in [5.41, 5.74) is 17.9. The van der Waals surface area contributed by atoms with E-state index in [1.165, 1.54) is 99.5 Å². The molecule has 0 atom stereocenters. The van der Waals surface area contributed by atoms with Gasteiger partial charge in [0.2, 0.25) is 0 Å². The lowest BCUT2D eigenvalue weighted by atomic mass is 9.95. The van der Waals surface area contributed by atoms with Crippen molar-refractivity contribution in [3.8, 4) is 44.8 Å². The summed E-state index contributed by atoms with van der Waals surface area (Å²) in [6.07, 6.45) is 0.938. The van der Waals surface area contributed by atoms with Crippen LogP contribution >= 0.6 is 0 Å². The largest absolute Gasteiger partial charge is 0.309 e. The van der Waals surface area contributed by atoms with Crippen molar-refractivity contribution in [3.05, 3.63) is 193 Å². The Labute approximate surface area is 296 Å². The Bertz CT molecular complexity index is 2960. The van der Waals surface area contributed by atoms with Crippen molar-refractivity contribution in [1.82, 2.24) is 9.13 Å². The molecule has 0 amide bonds. The molecule has 2 aromatic heterocycles. The molecule has 0 radical (unpaired) electrons. The monoisotopic (exact) mass is 648 g/mol. The van der Waals surface area contributed by atoms with E-state index in [-0.39, 0.29) is 0 Å². The first kappa shape index (κ1) is 28.2. The fourth-order valence-electron chi connectivity index (χ4n) is 8.84. The van der Waals surface area contributed by atoms with Crippen LogP contribution in [0.25, 0.3) is 88.4 Å². The highest BCUT2D eigenvalue weighted by molar-refractivity contribution is 6.28. The lowest BCUT2D eigenvalue weighted by Crippen LogP contribution is -1.95. The van der Waals surface area contributed by atoms with Gasteiger partial charge in [-0.25, -0.2) is 0 Å². The van der Waals surface area contributed by atoms with Gasteiger partial charge in [-0.2, -0.15) is 0 Å². The fourth-order valence-corrected chi connectivity index (χ4v) is 8.84. The molecule has 11 rings (SSSR count). The number of nitrogens with zero attached hydrogens (tertiary/aromatic N) is 2. The third kappa shape index (κ3) is 4.11. The molecule has 0 unspecified atom stereocenters. The van der Waals surface area contributed by atoms with Gasteiger partial charge in [-0.05, 0) is 99.5 Å². The van der Waals surface area contributed by atoms with Gasteiger partial charge >= 0.3 is 0 Å². The van der Waals surface area contributed by atoms with Crippen molar-refractivity contribution >= 4 is 43.6 Å². The van der Waals surface area contributed by atoms with E-state index in [1.54, 1.807) is 0 Å². The van der Waals surface area contributed by atoms with Crippen LogP contribution in [0.3, 0.4) is 0 Å². The fraction of sp³-hybridized carbons (Fsp3) is 0.0204. The summed E-state index contributed by atoms with van der Waals surface area (Å²) < 4.78 is 4.85. The van der Waals surface area contributed by atoms with E-state index < -0.39 is 0 Å². The van der Waals surface area contributed by atoms with E-state index >= 15 is 0 Å². The number of hydrogen-bond donors (Lipinski definition) is 0. The molecule has 0 aliphatic heterocycles. The van der Waals surface area contributed by atoms with Crippen LogP contribution in [0.4, 0.5) is 0 Å². The van der Waals surface area contributed by atoms with E-state index in [9.17, 15) is 0 Å². The van der Waals surface area contributed by atoms with Crippen molar-refractivity contribution in [1.29, 1.82) is 0 Å². The van der Waals surface area contributed by atoms with Gasteiger partial charge in [0.05, 0.1) is 22.1 Å². The Balaban J connectivity index is 1.07. The summed E-state index contributed by atoms with van der Waals surface area (Å²) in [7, 11) is 0. The van der Waals surface area contributed by atoms with Gasteiger partial charge in [-0.1, -0.05) is 133 Å². The molecule has 238 valence electrons. The smallest absolute Gasteiger partial charge is 0.0548 e. The summed E-state index contributed by atoms with van der Waals surface area (Å²) >= 11 is 0. The molecular formula is C49H32N2. The van der Waals surface area contributed by atoms with E-state index in [0.29, 0.717) is 0 Å². The highest BCUT2D eigenvalue weighted by atomic mass is 15.0. The first-order valence-electron chi connectivity index (χ1n) is 17.7. The van der Waals surface area contributed by atoms with Crippen molar-refractivity contribution in [2.75, 3.05) is 0 Å². The van der Waals surface area contributed by atoms with E-state index in [4.69, 9.17) is 0 Å². The highest BCUT2D eigenvalue weighted by Gasteiger charge is 2.25. The minimum atomic E-state index is 0.938. The van der Waals surface area contributed by atoms with Crippen LogP contribution in [-0.4, -0.2) is 9.13 Å². The molecular weight excluding hydrogens is 617 g/mol. The molecule has 8 aromatic carbocycles. The Hall–Kier alpha value is -6.64. The van der Waals surface area contributed by atoms with Gasteiger partial charge in [0, 0.05) is 32.9 Å². The summed E-state index contributed by atoms with van der Waals surface area (Å²) in [4.78, 5) is 0. The Morgan fingerprint density at radius 3 is 1.27 bits per heavy atom. The summed E-state index contributed by atoms with van der Waals surface area (Å²) in [5.74, 6) is 0. The molecule has 0 bridgehead atoms. The molecule has 0 N–H and O–H groups in total. The molecule has 1 aliphatic carbocycles. The van der Waals surface area contributed by atoms with Crippen LogP contribution in [0.1, 0.15) is 11.1 Å². The second-order valence-corrected chi connectivity index (χ2v) is 13.6. The van der Waals surface area contributed by atoms with Gasteiger partial charge in [-0.3, -0.25) is 0 Å². The second-order valence-electron chi connectivity index (χ2n) is 13.6. The molecule has 2 heterocycles. The van der Waals surface area contributed by atoms with Crippen LogP contribution in [0, 0.1) is 0 Å². The summed E-state index contributed by atoms with van der Waals surface area (Å²) in [6.45, 7) is 0. The maximum Gasteiger partial charge on any atom is 0.0548 e. The number of aromatic nitrogens is 2. The zero-order chi connectivity index (χ0) is 33.5. The maximum absolute atomic E-state index is 2.44. The van der Waals surface area contributed by atoms with Gasteiger partial charge in [-0.15, -0.1) is 0 Å². The van der Waals surface area contributed by atoms with Crippen molar-refractivity contribution in [2.24, 2.45) is 0 Å². The Kier molecular flexibility index (Phi) is 6.05. The molecule has 1 aliphatic rings. The SMILES string of the molecule is c1ccc(-c2cccc3c2Cc2c(-c4ccc(-n5c6ccccc6c6c7c8ccccc8n(-c8ccccc8)c7ccc65)cc4)cccc2-3)cc1. The third-order valence-electron chi connectivity index (χ3n) is 11.0. The van der Waals surface area contributed by atoms with Crippen LogP contribution in [0.2, 0.25) is 0 Å². The number of para-hydroxylation sites is 3. The van der Waals surface area contributed by atoms with E-state index in [0.717, 1.165) is 6.42 Å². The molecule has 51 heavy (non-hydrogen) atoms. The average Bonchev–Trinajstić information content (AvgIpc) is 3.86. The molecule has 2 nitrogen and oxygen atoms in total. The lowest BCUT2D eigenvalue weighted by Gasteiger charge is -2.12. The first-order valence-corrected chi connectivity index (χ1v) is 17.7. The molecule has 0 fully saturated rings. The van der Waals surface area contributed by atoms with Crippen LogP contribution < -0.4 is 0 Å². The van der Waals surface area contributed by atoms with Crippen LogP contribution in [0.5, 0.6) is 0 Å². The van der Waals surface area contributed by atoms with Crippen molar-refractivity contribution < 1.29 is 0 Å². The minimum absolute atomic E-state index is 0.938. The highest BCUT2D eigenvalue weighted by Crippen LogP contribution is 2.46. The standard InChI is InChI=1S/C49H32N2/c1-3-13-32(14-4-1)36-19-11-21-38-39-22-12-20-37(43(39)31-42(36)38)33-25-27-35(28-26-33)51-45-24-10-8-18-41(45)49-47(51)30-29-46-48(49)40-17-7-9-23-44(40)50(46)34-15-5-2-6-16-34/h1-30H,31H2. The Morgan fingerprint density at radius 2 is 0.725 bits per heavy atom. The number of benzene rings is 8. The predicted molar refractivity (Wildman–Crippen MR) is 214 cm³/mol. The zero-order valence-corrected chi connectivity index (χ0v) is 27.9. The number of rotatable bonds is 4. The van der Waals surface area contributed by atoms with Gasteiger partial charge in [0.25, 0.3) is 0 Å². The number of fused-ring (bicyclic) bond motifs is 10. The summed E-state index contributed by atoms with van der Waals surface area (Å²) in [5, 5.41) is 5.14. The second kappa shape index (κ2) is 10.9. The topological polar surface area (TPSA) is 9.86 Å². The van der Waals surface area contributed by atoms with Crippen LogP contribution in [0.15, 0.2) is 182 Å². The normalized spacial score (nSPS) is 12.2. The predicted octanol–water partition coefficient (Wildman–Crippen LogP) is 12.8. The molecule has 10 aromatic rings. The molecule has 0 spiro atoms. The van der Waals surface area contributed by atoms with Gasteiger partial charge in [0.15, 0.2) is 0 Å². The molecule has 0 saturated heterocycles. The van der Waals surface area contributed by atoms with Crippen molar-refractivity contribution in [3.63, 3.8) is 0 Å². The van der Waals surface area contributed by atoms with Gasteiger partial charge < -0.3 is 9.13 Å². The molecule has 0 saturated carbocycles. The Morgan fingerprint density at radius 1 is 0.294 bits per heavy atom. The zero-order valence-electron chi connectivity index (χ0n) is 27.9. The van der Waals surface area contributed by atoms with E-state index in [1.807, 2.05) is 0 Å². The third-order valence-corrected chi connectivity index (χ3v) is 11.0. The van der Waals surface area contributed by atoms with Crippen LogP contribution in [-0.2, 0) is 6.42 Å². The summed E-state index contributed by atoms with van der Waals surface area (Å²) in [6, 6.07) is 66.6. The quantitative estimate of drug-likeness (QED) is 0.180. The number of hydrogen-bond acceptors (Lipinski definition) is 0. The maximum atomic E-state index is 2.44. The average molecular weight is 649 g/mol. The molecule has 2 heteroatoms. The van der Waals surface area contributed by atoms with Gasteiger partial charge in [0.1, 0.15) is 0 Å². The lowest BCUT2D eigenvalue weighted by molar-refractivity contribution is 1.17. The van der Waals surface area contributed by atoms with Crippen molar-refractivity contribution in [2.45, 2.75) is 6.42 Å². The first-order chi connectivity index (χ1) is 25.3. The van der Waals surface area contributed by atoms with E-state index in [2.05, 4.69) is 191 Å². The minimum Gasteiger partial charge on any atom is -0.309 e.